The van der Waals surface area contributed by atoms with Crippen molar-refractivity contribution in [3.8, 4) is 5.75 Å². The number of carbonyl (C=O) groups is 2. The Morgan fingerprint density at radius 2 is 1.53 bits per heavy atom. The van der Waals surface area contributed by atoms with Gasteiger partial charge in [-0.2, -0.15) is 0 Å². The number of ether oxygens (including phenoxy) is 1. The van der Waals surface area contributed by atoms with Gasteiger partial charge in [0.2, 0.25) is 11.8 Å². The van der Waals surface area contributed by atoms with Gasteiger partial charge in [-0.1, -0.05) is 43.2 Å². The first-order valence-electron chi connectivity index (χ1n) is 14.1. The van der Waals surface area contributed by atoms with Crippen LogP contribution >= 0.6 is 0 Å². The van der Waals surface area contributed by atoms with Crippen molar-refractivity contribution in [3.63, 3.8) is 0 Å². The summed E-state index contributed by atoms with van der Waals surface area (Å²) in [6.45, 7) is 4.80. The zero-order valence-electron chi connectivity index (χ0n) is 22.5. The van der Waals surface area contributed by atoms with Crippen molar-refractivity contribution in [2.75, 3.05) is 52.9 Å². The van der Waals surface area contributed by atoms with Crippen LogP contribution in [0, 0.1) is 11.2 Å². The van der Waals surface area contributed by atoms with E-state index in [0.717, 1.165) is 76.0 Å². The number of benzene rings is 2. The second kappa shape index (κ2) is 11.4. The highest BCUT2D eigenvalue weighted by molar-refractivity contribution is 5.89. The number of halogens is 1. The van der Waals surface area contributed by atoms with Crippen LogP contribution in [0.15, 0.2) is 54.6 Å². The van der Waals surface area contributed by atoms with Crippen LogP contribution in [-0.4, -0.2) is 79.4 Å². The molecule has 7 heteroatoms. The van der Waals surface area contributed by atoms with E-state index in [1.165, 1.54) is 12.1 Å². The van der Waals surface area contributed by atoms with E-state index in [4.69, 9.17) is 4.74 Å². The molecule has 2 amide bonds. The maximum Gasteiger partial charge on any atom is 0.233 e. The summed E-state index contributed by atoms with van der Waals surface area (Å²) in [6, 6.07) is 16.2. The van der Waals surface area contributed by atoms with Crippen LogP contribution in [0.3, 0.4) is 0 Å². The molecule has 204 valence electrons. The number of hydrogen-bond donors (Lipinski definition) is 0. The number of hydrogen-bond acceptors (Lipinski definition) is 4. The number of para-hydroxylation sites is 1. The third kappa shape index (κ3) is 5.73. The molecule has 5 rings (SSSR count). The van der Waals surface area contributed by atoms with E-state index in [9.17, 15) is 14.0 Å². The van der Waals surface area contributed by atoms with Gasteiger partial charge >= 0.3 is 0 Å². The van der Waals surface area contributed by atoms with Crippen molar-refractivity contribution in [2.24, 2.45) is 5.41 Å². The summed E-state index contributed by atoms with van der Waals surface area (Å²) in [6.07, 6.45) is 5.58. The van der Waals surface area contributed by atoms with E-state index in [-0.39, 0.29) is 17.6 Å². The van der Waals surface area contributed by atoms with Gasteiger partial charge in [-0.15, -0.1) is 0 Å². The van der Waals surface area contributed by atoms with Gasteiger partial charge in [-0.25, -0.2) is 4.39 Å². The Morgan fingerprint density at radius 3 is 2.21 bits per heavy atom. The van der Waals surface area contributed by atoms with Gasteiger partial charge in [0, 0.05) is 51.1 Å². The van der Waals surface area contributed by atoms with Gasteiger partial charge in [-0.3, -0.25) is 9.59 Å². The number of amides is 2. The standard InChI is InChI=1S/C31H40FN3O3/c1-33-18-20-34(21-19-33)28(36)22-30(24-38-27-8-3-2-4-9-27)14-7-17-35(23-30)29(37)31(15-5-6-16-31)25-10-12-26(32)13-11-25/h2-4,8-13H,5-7,14-24H2,1H3. The molecule has 1 unspecified atom stereocenters. The minimum absolute atomic E-state index is 0.123. The quantitative estimate of drug-likeness (QED) is 0.539. The van der Waals surface area contributed by atoms with E-state index in [2.05, 4.69) is 11.9 Å². The number of likely N-dealkylation sites (tertiary alicyclic amines) is 1. The molecule has 6 nitrogen and oxygen atoms in total. The van der Waals surface area contributed by atoms with Crippen LogP contribution in [0.25, 0.3) is 0 Å². The highest BCUT2D eigenvalue weighted by Gasteiger charge is 2.48. The molecule has 0 N–H and O–H groups in total. The van der Waals surface area contributed by atoms with Gasteiger partial charge in [0.15, 0.2) is 0 Å². The lowest BCUT2D eigenvalue weighted by Gasteiger charge is -2.46. The third-order valence-corrected chi connectivity index (χ3v) is 8.88. The molecule has 0 bridgehead atoms. The van der Waals surface area contributed by atoms with Gasteiger partial charge in [0.1, 0.15) is 11.6 Å². The molecule has 0 radical (unpaired) electrons. The zero-order valence-corrected chi connectivity index (χ0v) is 22.5. The Morgan fingerprint density at radius 1 is 0.842 bits per heavy atom. The van der Waals surface area contributed by atoms with Crippen LogP contribution in [-0.2, 0) is 15.0 Å². The third-order valence-electron chi connectivity index (χ3n) is 8.88. The van der Waals surface area contributed by atoms with Crippen molar-refractivity contribution >= 4 is 11.8 Å². The Hall–Kier alpha value is -2.93. The summed E-state index contributed by atoms with van der Waals surface area (Å²) < 4.78 is 20.0. The van der Waals surface area contributed by atoms with Crippen LogP contribution < -0.4 is 4.74 Å². The molecular weight excluding hydrogens is 481 g/mol. The largest absolute Gasteiger partial charge is 0.493 e. The monoisotopic (exact) mass is 521 g/mol. The topological polar surface area (TPSA) is 53.1 Å². The fourth-order valence-corrected chi connectivity index (χ4v) is 6.61. The Bertz CT molecular complexity index is 1100. The van der Waals surface area contributed by atoms with Crippen molar-refractivity contribution in [1.82, 2.24) is 14.7 Å². The summed E-state index contributed by atoms with van der Waals surface area (Å²) in [7, 11) is 2.08. The van der Waals surface area contributed by atoms with E-state index < -0.39 is 10.8 Å². The van der Waals surface area contributed by atoms with Crippen LogP contribution in [0.5, 0.6) is 5.75 Å². The Balaban J connectivity index is 1.38. The predicted octanol–water partition coefficient (Wildman–Crippen LogP) is 4.49. The fourth-order valence-electron chi connectivity index (χ4n) is 6.61. The first-order chi connectivity index (χ1) is 18.4. The second-order valence-corrected chi connectivity index (χ2v) is 11.6. The number of piperidine rings is 1. The lowest BCUT2D eigenvalue weighted by Crippen LogP contribution is -2.56. The van der Waals surface area contributed by atoms with Gasteiger partial charge < -0.3 is 19.4 Å². The molecule has 3 fully saturated rings. The molecule has 2 aliphatic heterocycles. The number of nitrogens with zero attached hydrogens (tertiary/aromatic N) is 3. The maximum atomic E-state index is 14.3. The fraction of sp³-hybridized carbons (Fsp3) is 0.548. The summed E-state index contributed by atoms with van der Waals surface area (Å²) in [5.74, 6) is 0.767. The number of rotatable bonds is 7. The maximum absolute atomic E-state index is 14.3. The van der Waals surface area contributed by atoms with E-state index in [0.29, 0.717) is 26.1 Å². The first kappa shape index (κ1) is 26.7. The average Bonchev–Trinajstić information content (AvgIpc) is 3.44. The normalized spacial score (nSPS) is 23.8. The molecule has 38 heavy (non-hydrogen) atoms. The number of carbonyl (C=O) groups excluding carboxylic acids is 2. The molecule has 0 aromatic heterocycles. The molecule has 2 aromatic rings. The smallest absolute Gasteiger partial charge is 0.233 e. The summed E-state index contributed by atoms with van der Waals surface area (Å²) >= 11 is 0. The van der Waals surface area contributed by atoms with Crippen LogP contribution in [0.4, 0.5) is 4.39 Å². The minimum atomic E-state index is -0.613. The molecule has 2 saturated heterocycles. The lowest BCUT2D eigenvalue weighted by molar-refractivity contribution is -0.146. The van der Waals surface area contributed by atoms with Crippen molar-refractivity contribution in [3.05, 3.63) is 66.0 Å². The summed E-state index contributed by atoms with van der Waals surface area (Å²) in [4.78, 5) is 34.0. The first-order valence-corrected chi connectivity index (χ1v) is 14.1. The molecule has 2 aromatic carbocycles. The molecule has 3 aliphatic rings. The Kier molecular flexibility index (Phi) is 8.03. The van der Waals surface area contributed by atoms with E-state index in [1.807, 2.05) is 40.1 Å². The van der Waals surface area contributed by atoms with E-state index in [1.54, 1.807) is 12.1 Å². The lowest BCUT2D eigenvalue weighted by atomic mass is 9.74. The molecule has 0 spiro atoms. The van der Waals surface area contributed by atoms with Crippen LogP contribution in [0.2, 0.25) is 0 Å². The summed E-state index contributed by atoms with van der Waals surface area (Å²) in [5.41, 5.74) is -0.155. The SMILES string of the molecule is CN1CCN(C(=O)CC2(COc3ccccc3)CCCN(C(=O)C3(c4ccc(F)cc4)CCCC3)C2)CC1. The van der Waals surface area contributed by atoms with Crippen molar-refractivity contribution < 1.29 is 18.7 Å². The Labute approximate surface area is 225 Å². The number of piperazine rings is 1. The van der Waals surface area contributed by atoms with Gasteiger partial charge in [0.25, 0.3) is 0 Å². The number of likely N-dealkylation sites (N-methyl/N-ethyl adjacent to an activating group) is 1. The average molecular weight is 522 g/mol. The molecular formula is C31H40FN3O3. The second-order valence-electron chi connectivity index (χ2n) is 11.6. The van der Waals surface area contributed by atoms with Crippen molar-refractivity contribution in [1.29, 1.82) is 0 Å². The van der Waals surface area contributed by atoms with Crippen LogP contribution in [0.1, 0.15) is 50.5 Å². The molecule has 1 aliphatic carbocycles. The highest BCUT2D eigenvalue weighted by Crippen LogP contribution is 2.45. The van der Waals surface area contributed by atoms with Crippen molar-refractivity contribution in [2.45, 2.75) is 50.4 Å². The predicted molar refractivity (Wildman–Crippen MR) is 145 cm³/mol. The van der Waals surface area contributed by atoms with Gasteiger partial charge in [0.05, 0.1) is 12.0 Å². The molecule has 1 saturated carbocycles. The molecule has 1 atom stereocenters. The minimum Gasteiger partial charge on any atom is -0.493 e. The highest BCUT2D eigenvalue weighted by atomic mass is 19.1. The molecule has 2 heterocycles. The summed E-state index contributed by atoms with van der Waals surface area (Å²) in [5, 5.41) is 0. The van der Waals surface area contributed by atoms with Gasteiger partial charge in [-0.05, 0) is 62.6 Å². The van der Waals surface area contributed by atoms with E-state index >= 15 is 0 Å². The zero-order chi connectivity index (χ0) is 26.6.